The van der Waals surface area contributed by atoms with Gasteiger partial charge in [-0.05, 0) is 66.7 Å². The lowest BCUT2D eigenvalue weighted by Gasteiger charge is -2.54. The smallest absolute Gasteiger partial charge is 0.390 e. The SMILES string of the molecule is C[C@]12CCC3c4ccc(OSOON)cc4CCC3C1CC(=O)N(CCC(F)(F)F)C2=O. The molecule has 11 heteroatoms. The summed E-state index contributed by atoms with van der Waals surface area (Å²) in [6, 6.07) is 5.75. The maximum absolute atomic E-state index is 13.2. The van der Waals surface area contributed by atoms with Crippen LogP contribution in [0.5, 0.6) is 5.75 Å². The minimum Gasteiger partial charge on any atom is -0.399 e. The lowest BCUT2D eigenvalue weighted by atomic mass is 9.52. The van der Waals surface area contributed by atoms with Gasteiger partial charge in [0.15, 0.2) is 0 Å². The molecule has 0 radical (unpaired) electrons. The first-order chi connectivity index (χ1) is 15.1. The fourth-order valence-electron chi connectivity index (χ4n) is 5.83. The van der Waals surface area contributed by atoms with Crippen molar-refractivity contribution in [2.24, 2.45) is 23.1 Å². The maximum Gasteiger partial charge on any atom is 0.390 e. The van der Waals surface area contributed by atoms with Gasteiger partial charge in [-0.2, -0.15) is 19.1 Å². The molecule has 1 saturated carbocycles. The van der Waals surface area contributed by atoms with Crippen LogP contribution in [0.2, 0.25) is 0 Å². The molecule has 2 aliphatic carbocycles. The third-order valence-electron chi connectivity index (χ3n) is 7.33. The molecule has 32 heavy (non-hydrogen) atoms. The van der Waals surface area contributed by atoms with Crippen molar-refractivity contribution in [1.29, 1.82) is 0 Å². The van der Waals surface area contributed by atoms with E-state index in [1.807, 2.05) is 25.1 Å². The van der Waals surface area contributed by atoms with Crippen LogP contribution in [0.15, 0.2) is 18.2 Å². The summed E-state index contributed by atoms with van der Waals surface area (Å²) in [5, 5.41) is 0. The van der Waals surface area contributed by atoms with Gasteiger partial charge in [0.25, 0.3) is 12.3 Å². The highest BCUT2D eigenvalue weighted by Crippen LogP contribution is 2.58. The average Bonchev–Trinajstić information content (AvgIpc) is 2.74. The fourth-order valence-corrected chi connectivity index (χ4v) is 6.07. The molecule has 1 aromatic rings. The van der Waals surface area contributed by atoms with Crippen molar-refractivity contribution in [1.82, 2.24) is 4.90 Å². The molecule has 1 aliphatic heterocycles. The van der Waals surface area contributed by atoms with Gasteiger partial charge in [0.2, 0.25) is 11.8 Å². The van der Waals surface area contributed by atoms with E-state index in [4.69, 9.17) is 10.1 Å². The molecule has 4 rings (SSSR count). The number of carbonyl (C=O) groups is 2. The van der Waals surface area contributed by atoms with E-state index in [1.54, 1.807) is 0 Å². The number of carbonyl (C=O) groups excluding carboxylic acids is 2. The van der Waals surface area contributed by atoms with Crippen LogP contribution < -0.4 is 10.1 Å². The van der Waals surface area contributed by atoms with Crippen LogP contribution in [-0.4, -0.2) is 29.4 Å². The first kappa shape index (κ1) is 23.3. The van der Waals surface area contributed by atoms with E-state index in [9.17, 15) is 22.8 Å². The molecule has 4 atom stereocenters. The molecule has 0 bridgehead atoms. The standard InChI is InChI=1S/C21H25F3N2O5S/c1-20-7-6-15-14-5-3-13(29-32-31-30-25)10-12(14)2-4-16(15)17(20)11-18(27)26(19(20)28)9-8-21(22,23)24/h3,5,10,15-17H,2,4,6-9,11,25H2,1H3/t15?,16?,17?,20-/m0/s1. The Hall–Kier alpha value is -1.82. The number of aryl methyl sites for hydroxylation is 1. The van der Waals surface area contributed by atoms with E-state index in [0.29, 0.717) is 24.5 Å². The number of alkyl halides is 3. The Bertz CT molecular complexity index is 899. The normalized spacial score (nSPS) is 29.9. The summed E-state index contributed by atoms with van der Waals surface area (Å²) in [7, 11) is 0. The van der Waals surface area contributed by atoms with Gasteiger partial charge in [0, 0.05) is 13.0 Å². The first-order valence-corrected chi connectivity index (χ1v) is 11.2. The Labute approximate surface area is 188 Å². The van der Waals surface area contributed by atoms with Crippen LogP contribution in [0.3, 0.4) is 0 Å². The highest BCUT2D eigenvalue weighted by atomic mass is 32.2. The predicted octanol–water partition coefficient (Wildman–Crippen LogP) is 4.22. The Kier molecular flexibility index (Phi) is 6.45. The number of hydrogen-bond donors (Lipinski definition) is 1. The van der Waals surface area contributed by atoms with E-state index < -0.39 is 36.4 Å². The van der Waals surface area contributed by atoms with Crippen LogP contribution in [0.25, 0.3) is 0 Å². The van der Waals surface area contributed by atoms with Gasteiger partial charge in [0.1, 0.15) is 5.75 Å². The lowest BCUT2D eigenvalue weighted by molar-refractivity contribution is -0.199. The van der Waals surface area contributed by atoms with Crippen molar-refractivity contribution in [2.45, 2.75) is 57.5 Å². The van der Waals surface area contributed by atoms with E-state index in [1.165, 1.54) is 5.56 Å². The molecule has 2 N–H and O–H groups in total. The summed E-state index contributed by atoms with van der Waals surface area (Å²) in [6.45, 7) is 1.23. The summed E-state index contributed by atoms with van der Waals surface area (Å²) in [6.07, 6.45) is -2.60. The van der Waals surface area contributed by atoms with Crippen LogP contribution in [0.4, 0.5) is 13.2 Å². The zero-order valence-corrected chi connectivity index (χ0v) is 18.3. The van der Waals surface area contributed by atoms with E-state index in [-0.39, 0.29) is 24.2 Å². The minimum absolute atomic E-state index is 0.116. The second kappa shape index (κ2) is 8.85. The molecule has 0 aromatic heterocycles. The number of piperidine rings is 1. The molecule has 0 spiro atoms. The number of halogens is 3. The average molecular weight is 475 g/mol. The molecule has 2 fully saturated rings. The monoisotopic (exact) mass is 474 g/mol. The molecular formula is C21H25F3N2O5S. The van der Waals surface area contributed by atoms with Gasteiger partial charge in [-0.1, -0.05) is 13.0 Å². The Morgan fingerprint density at radius 2 is 2.06 bits per heavy atom. The molecule has 176 valence electrons. The lowest BCUT2D eigenvalue weighted by Crippen LogP contribution is -2.59. The molecule has 1 aromatic carbocycles. The Morgan fingerprint density at radius 1 is 1.28 bits per heavy atom. The van der Waals surface area contributed by atoms with Crippen LogP contribution in [0.1, 0.15) is 56.1 Å². The Morgan fingerprint density at radius 3 is 2.78 bits per heavy atom. The van der Waals surface area contributed by atoms with Gasteiger partial charge >= 0.3 is 6.18 Å². The fraction of sp³-hybridized carbons (Fsp3) is 0.619. The molecular weight excluding hydrogens is 449 g/mol. The molecule has 1 saturated heterocycles. The molecule has 1 heterocycles. The summed E-state index contributed by atoms with van der Waals surface area (Å²) >= 11 is 0.603. The van der Waals surface area contributed by atoms with Crippen molar-refractivity contribution >= 4 is 24.1 Å². The second-order valence-electron chi connectivity index (χ2n) is 8.97. The van der Waals surface area contributed by atoms with Gasteiger partial charge < -0.3 is 4.18 Å². The van der Waals surface area contributed by atoms with Crippen molar-refractivity contribution in [3.05, 3.63) is 29.3 Å². The third-order valence-corrected chi connectivity index (χ3v) is 7.73. The highest BCUT2D eigenvalue weighted by molar-refractivity contribution is 7.90. The molecule has 2 amide bonds. The number of imide groups is 1. The van der Waals surface area contributed by atoms with E-state index in [0.717, 1.165) is 29.7 Å². The quantitative estimate of drug-likeness (QED) is 0.217. The number of nitrogens with zero attached hydrogens (tertiary/aromatic N) is 1. The number of rotatable bonds is 6. The summed E-state index contributed by atoms with van der Waals surface area (Å²) in [4.78, 5) is 30.7. The number of likely N-dealkylation sites (tertiary alicyclic amines) is 1. The number of benzene rings is 1. The topological polar surface area (TPSA) is 91.1 Å². The molecule has 3 aliphatic rings. The van der Waals surface area contributed by atoms with Crippen molar-refractivity contribution in [3.8, 4) is 5.75 Å². The van der Waals surface area contributed by atoms with Crippen LogP contribution in [-0.2, 0) is 25.3 Å². The van der Waals surface area contributed by atoms with Gasteiger partial charge in [-0.25, -0.2) is 0 Å². The summed E-state index contributed by atoms with van der Waals surface area (Å²) in [5.41, 5.74) is 1.51. The van der Waals surface area contributed by atoms with Gasteiger partial charge in [0.05, 0.1) is 11.8 Å². The van der Waals surface area contributed by atoms with E-state index in [2.05, 4.69) is 9.32 Å². The van der Waals surface area contributed by atoms with Crippen molar-refractivity contribution in [3.63, 3.8) is 0 Å². The summed E-state index contributed by atoms with van der Waals surface area (Å²) < 4.78 is 47.9. The van der Waals surface area contributed by atoms with Gasteiger partial charge in [-0.15, -0.1) is 9.32 Å². The second-order valence-corrected chi connectivity index (χ2v) is 9.41. The number of fused-ring (bicyclic) bond motifs is 5. The van der Waals surface area contributed by atoms with E-state index >= 15 is 0 Å². The minimum atomic E-state index is -4.41. The first-order valence-electron chi connectivity index (χ1n) is 10.5. The summed E-state index contributed by atoms with van der Waals surface area (Å²) in [5.74, 6) is 4.60. The number of hydrogen-bond acceptors (Lipinski definition) is 7. The molecule has 7 nitrogen and oxygen atoms in total. The number of nitrogens with two attached hydrogens (primary N) is 1. The van der Waals surface area contributed by atoms with Crippen LogP contribution >= 0.6 is 12.3 Å². The molecule has 3 unspecified atom stereocenters. The van der Waals surface area contributed by atoms with Crippen molar-refractivity contribution < 1.29 is 36.3 Å². The largest absolute Gasteiger partial charge is 0.399 e. The highest BCUT2D eigenvalue weighted by Gasteiger charge is 2.57. The zero-order chi connectivity index (χ0) is 23.1. The third kappa shape index (κ3) is 4.35. The van der Waals surface area contributed by atoms with Crippen LogP contribution in [0, 0.1) is 17.3 Å². The Balaban J connectivity index is 1.52. The van der Waals surface area contributed by atoms with Crippen molar-refractivity contribution in [2.75, 3.05) is 6.54 Å². The zero-order valence-electron chi connectivity index (χ0n) is 17.5. The van der Waals surface area contributed by atoms with Gasteiger partial charge in [-0.3, -0.25) is 14.5 Å². The predicted molar refractivity (Wildman–Crippen MR) is 108 cm³/mol. The number of amides is 2. The maximum atomic E-state index is 13.2.